The molecule has 1 saturated carbocycles. The van der Waals surface area contributed by atoms with E-state index in [2.05, 4.69) is 21.3 Å². The van der Waals surface area contributed by atoms with Crippen molar-refractivity contribution >= 4 is 17.4 Å². The molecule has 1 aliphatic heterocycles. The van der Waals surface area contributed by atoms with Gasteiger partial charge in [-0.3, -0.25) is 14.4 Å². The zero-order chi connectivity index (χ0) is 18.8. The summed E-state index contributed by atoms with van der Waals surface area (Å²) in [7, 11) is 1.85. The fraction of sp³-hybridized carbons (Fsp3) is 0.421. The van der Waals surface area contributed by atoms with Gasteiger partial charge in [-0.1, -0.05) is 6.92 Å². The lowest BCUT2D eigenvalue weighted by Gasteiger charge is -2.23. The van der Waals surface area contributed by atoms with E-state index in [0.29, 0.717) is 18.0 Å². The Balaban J connectivity index is 1.60. The first-order valence-corrected chi connectivity index (χ1v) is 9.11. The van der Waals surface area contributed by atoms with Crippen LogP contribution >= 0.6 is 0 Å². The predicted molar refractivity (Wildman–Crippen MR) is 97.5 cm³/mol. The highest BCUT2D eigenvalue weighted by molar-refractivity contribution is 6.02. The maximum absolute atomic E-state index is 13.3. The Morgan fingerprint density at radius 2 is 2.19 bits per heavy atom. The third kappa shape index (κ3) is 2.14. The second-order valence-electron chi connectivity index (χ2n) is 7.58. The van der Waals surface area contributed by atoms with Gasteiger partial charge in [-0.15, -0.1) is 0 Å². The predicted octanol–water partition coefficient (Wildman–Crippen LogP) is 2.03. The number of aromatic nitrogens is 5. The number of carbonyl (C=O) groups excluding carboxylic acids is 1. The first-order valence-electron chi connectivity index (χ1n) is 9.11. The van der Waals surface area contributed by atoms with Gasteiger partial charge < -0.3 is 0 Å². The number of rotatable bonds is 3. The van der Waals surface area contributed by atoms with Crippen LogP contribution in [0.3, 0.4) is 0 Å². The number of hydrogen-bond acceptors (Lipinski definition) is 5. The molecule has 2 aliphatic rings. The van der Waals surface area contributed by atoms with E-state index in [1.54, 1.807) is 32.6 Å². The van der Waals surface area contributed by atoms with Crippen molar-refractivity contribution in [1.29, 1.82) is 5.26 Å². The van der Waals surface area contributed by atoms with E-state index < -0.39 is 5.41 Å². The van der Waals surface area contributed by atoms with Gasteiger partial charge in [-0.05, 0) is 24.8 Å². The van der Waals surface area contributed by atoms with E-state index in [1.807, 2.05) is 26.2 Å². The highest BCUT2D eigenvalue weighted by Gasteiger charge is 2.61. The summed E-state index contributed by atoms with van der Waals surface area (Å²) < 4.78 is 3.41. The second-order valence-corrected chi connectivity index (χ2v) is 7.58. The van der Waals surface area contributed by atoms with E-state index in [9.17, 15) is 10.1 Å². The zero-order valence-electron chi connectivity index (χ0n) is 15.2. The minimum Gasteiger partial charge on any atom is -0.295 e. The molecule has 0 unspecified atom stereocenters. The van der Waals surface area contributed by atoms with Crippen LogP contribution in [0.2, 0.25) is 0 Å². The van der Waals surface area contributed by atoms with Crippen LogP contribution in [0.5, 0.6) is 0 Å². The molecular formula is C19H19N7O. The smallest absolute Gasteiger partial charge is 0.249 e. The molecule has 1 amide bonds. The number of hydrogen-bond donors (Lipinski definition) is 0. The third-order valence-corrected chi connectivity index (χ3v) is 5.85. The van der Waals surface area contributed by atoms with Crippen LogP contribution in [0.15, 0.2) is 30.7 Å². The Morgan fingerprint density at radius 3 is 2.85 bits per heavy atom. The standard InChI is InChI=1S/C19H19N7O/c1-12-9-25(18(27)19(12,11-20)14-3-4-14)17-5-6-21-16-7-15(23-26(16)17)13-8-22-24(2)10-13/h5-8,10,12,14H,3-4,9H2,1-2H3/t12-,19+/m1/s1. The molecule has 0 bridgehead atoms. The third-order valence-electron chi connectivity index (χ3n) is 5.85. The summed E-state index contributed by atoms with van der Waals surface area (Å²) in [5.74, 6) is 0.714. The minimum atomic E-state index is -0.908. The van der Waals surface area contributed by atoms with Gasteiger partial charge in [0.2, 0.25) is 5.91 Å². The number of fused-ring (bicyclic) bond motifs is 1. The quantitative estimate of drug-likeness (QED) is 0.712. The molecule has 0 aromatic carbocycles. The van der Waals surface area contributed by atoms with E-state index in [1.165, 1.54) is 0 Å². The van der Waals surface area contributed by atoms with Gasteiger partial charge in [-0.25, -0.2) is 4.98 Å². The molecule has 1 aliphatic carbocycles. The monoisotopic (exact) mass is 361 g/mol. The lowest BCUT2D eigenvalue weighted by atomic mass is 9.75. The Morgan fingerprint density at radius 1 is 1.37 bits per heavy atom. The summed E-state index contributed by atoms with van der Waals surface area (Å²) in [4.78, 5) is 19.4. The molecule has 5 rings (SSSR count). The molecule has 2 atom stereocenters. The average molecular weight is 361 g/mol. The highest BCUT2D eigenvalue weighted by atomic mass is 16.2. The number of anilines is 1. The summed E-state index contributed by atoms with van der Waals surface area (Å²) in [6.07, 6.45) is 7.23. The van der Waals surface area contributed by atoms with E-state index in [-0.39, 0.29) is 17.7 Å². The van der Waals surface area contributed by atoms with E-state index in [4.69, 9.17) is 0 Å². The summed E-state index contributed by atoms with van der Waals surface area (Å²) >= 11 is 0. The van der Waals surface area contributed by atoms with Crippen molar-refractivity contribution in [3.63, 3.8) is 0 Å². The fourth-order valence-corrected chi connectivity index (χ4v) is 4.28. The van der Waals surface area contributed by atoms with Crippen LogP contribution in [-0.4, -0.2) is 36.8 Å². The summed E-state index contributed by atoms with van der Waals surface area (Å²) in [6.45, 7) is 2.52. The Labute approximate surface area is 156 Å². The summed E-state index contributed by atoms with van der Waals surface area (Å²) in [6, 6.07) is 6.04. The fourth-order valence-electron chi connectivity index (χ4n) is 4.28. The van der Waals surface area contributed by atoms with E-state index in [0.717, 1.165) is 24.1 Å². The minimum absolute atomic E-state index is 0.0147. The molecular weight excluding hydrogens is 342 g/mol. The van der Waals surface area contributed by atoms with Gasteiger partial charge >= 0.3 is 0 Å². The van der Waals surface area contributed by atoms with Crippen molar-refractivity contribution in [2.24, 2.45) is 24.3 Å². The van der Waals surface area contributed by atoms with Crippen LogP contribution < -0.4 is 4.90 Å². The topological polar surface area (TPSA) is 92.1 Å². The number of nitriles is 1. The van der Waals surface area contributed by atoms with Gasteiger partial charge in [0, 0.05) is 43.5 Å². The summed E-state index contributed by atoms with van der Waals surface area (Å²) in [5, 5.41) is 18.7. The van der Waals surface area contributed by atoms with Crippen LogP contribution in [0.1, 0.15) is 19.8 Å². The number of carbonyl (C=O) groups is 1. The Bertz CT molecular complexity index is 1100. The Hall–Kier alpha value is -3.21. The van der Waals surface area contributed by atoms with Gasteiger partial charge in [-0.2, -0.15) is 20.0 Å². The molecule has 27 heavy (non-hydrogen) atoms. The number of amides is 1. The van der Waals surface area contributed by atoms with Crippen molar-refractivity contribution in [2.45, 2.75) is 19.8 Å². The molecule has 3 aromatic heterocycles. The molecule has 136 valence electrons. The van der Waals surface area contributed by atoms with Crippen molar-refractivity contribution in [3.8, 4) is 17.3 Å². The van der Waals surface area contributed by atoms with Crippen molar-refractivity contribution in [3.05, 3.63) is 30.7 Å². The van der Waals surface area contributed by atoms with Crippen molar-refractivity contribution in [2.75, 3.05) is 11.4 Å². The lowest BCUT2D eigenvalue weighted by Crippen LogP contribution is -2.37. The maximum atomic E-state index is 13.3. The molecule has 4 heterocycles. The zero-order valence-corrected chi connectivity index (χ0v) is 15.2. The van der Waals surface area contributed by atoms with Gasteiger partial charge in [0.25, 0.3) is 0 Å². The van der Waals surface area contributed by atoms with Crippen LogP contribution in [0, 0.1) is 28.6 Å². The van der Waals surface area contributed by atoms with Crippen molar-refractivity contribution < 1.29 is 4.79 Å². The van der Waals surface area contributed by atoms with E-state index >= 15 is 0 Å². The summed E-state index contributed by atoms with van der Waals surface area (Å²) in [5.41, 5.74) is 1.39. The normalized spacial score (nSPS) is 25.3. The van der Waals surface area contributed by atoms with Crippen molar-refractivity contribution in [1.82, 2.24) is 24.4 Å². The van der Waals surface area contributed by atoms with Crippen LogP contribution in [0.25, 0.3) is 16.9 Å². The number of nitrogens with zero attached hydrogens (tertiary/aromatic N) is 7. The number of aryl methyl sites for hydroxylation is 1. The largest absolute Gasteiger partial charge is 0.295 e. The first-order chi connectivity index (χ1) is 13.0. The molecule has 0 spiro atoms. The van der Waals surface area contributed by atoms with Crippen LogP contribution in [0.4, 0.5) is 5.82 Å². The highest BCUT2D eigenvalue weighted by Crippen LogP contribution is 2.54. The lowest BCUT2D eigenvalue weighted by molar-refractivity contribution is -0.124. The Kier molecular flexibility index (Phi) is 3.20. The van der Waals surface area contributed by atoms with Crippen LogP contribution in [-0.2, 0) is 11.8 Å². The van der Waals surface area contributed by atoms with Gasteiger partial charge in [0.1, 0.15) is 11.2 Å². The molecule has 2 fully saturated rings. The van der Waals surface area contributed by atoms with Gasteiger partial charge in [0.15, 0.2) is 5.65 Å². The molecule has 8 nitrogen and oxygen atoms in total. The molecule has 1 saturated heterocycles. The maximum Gasteiger partial charge on any atom is 0.249 e. The average Bonchev–Trinajstić information content (AvgIpc) is 3.16. The van der Waals surface area contributed by atoms with Gasteiger partial charge in [0.05, 0.1) is 18.0 Å². The second kappa shape index (κ2) is 5.39. The SMILES string of the molecule is C[C@@H]1CN(c2ccnc3cc(-c4cnn(C)c4)nn23)C(=O)[C@]1(C#N)C1CC1. The molecule has 8 heteroatoms. The first kappa shape index (κ1) is 16.0. The molecule has 0 N–H and O–H groups in total. The molecule has 0 radical (unpaired) electrons. The molecule has 3 aromatic rings.